The number of nitrogens with zero attached hydrogens (tertiary/aromatic N) is 1. The zero-order valence-electron chi connectivity index (χ0n) is 10.7. The van der Waals surface area contributed by atoms with Crippen LogP contribution in [0.5, 0.6) is 0 Å². The molecule has 1 aromatic heterocycles. The summed E-state index contributed by atoms with van der Waals surface area (Å²) < 4.78 is 7.15. The fourth-order valence-electron chi connectivity index (χ4n) is 2.34. The number of hydrogen-bond acceptors (Lipinski definition) is 3. The minimum absolute atomic E-state index is 0.165. The molecule has 0 unspecified atom stereocenters. The monoisotopic (exact) mass is 329 g/mol. The highest BCUT2D eigenvalue weighted by Crippen LogP contribution is 2.19. The zero-order chi connectivity index (χ0) is 14.0. The number of aromatic carboxylic acids is 1. The third kappa shape index (κ3) is 3.06. The van der Waals surface area contributed by atoms with Gasteiger partial charge in [-0.05, 0) is 47.7 Å². The second-order valence-electron chi connectivity index (χ2n) is 4.77. The fraction of sp³-hybridized carbons (Fsp3) is 0.538. The van der Waals surface area contributed by atoms with Gasteiger partial charge in [-0.2, -0.15) is 0 Å². The highest BCUT2D eigenvalue weighted by molar-refractivity contribution is 9.10. The van der Waals surface area contributed by atoms with Gasteiger partial charge in [0, 0.05) is 25.5 Å². The molecule has 1 aliphatic rings. The summed E-state index contributed by atoms with van der Waals surface area (Å²) in [5.41, 5.74) is 0.500. The average molecular weight is 330 g/mol. The van der Waals surface area contributed by atoms with E-state index in [1.807, 2.05) is 0 Å². The molecule has 0 radical (unpaired) electrons. The molecule has 6 heteroatoms. The van der Waals surface area contributed by atoms with Crippen molar-refractivity contribution in [1.29, 1.82) is 0 Å². The van der Waals surface area contributed by atoms with Crippen molar-refractivity contribution in [1.82, 2.24) is 4.57 Å². The average Bonchev–Trinajstić information content (AvgIpc) is 2.40. The Morgan fingerprint density at radius 2 is 2.16 bits per heavy atom. The Morgan fingerprint density at radius 3 is 2.74 bits per heavy atom. The van der Waals surface area contributed by atoms with Crippen molar-refractivity contribution in [2.75, 3.05) is 13.2 Å². The summed E-state index contributed by atoms with van der Waals surface area (Å²) in [6, 6.07) is 1.38. The minimum Gasteiger partial charge on any atom is -0.478 e. The van der Waals surface area contributed by atoms with Crippen molar-refractivity contribution in [3.63, 3.8) is 0 Å². The topological polar surface area (TPSA) is 68.5 Å². The molecule has 0 saturated carbocycles. The van der Waals surface area contributed by atoms with Gasteiger partial charge >= 0.3 is 5.97 Å². The van der Waals surface area contributed by atoms with E-state index in [0.717, 1.165) is 12.8 Å². The number of pyridine rings is 1. The Morgan fingerprint density at radius 1 is 1.53 bits per heavy atom. The number of aromatic nitrogens is 1. The number of carboxylic acid groups (broad SMARTS) is 1. The van der Waals surface area contributed by atoms with Crippen LogP contribution in [-0.4, -0.2) is 28.9 Å². The van der Waals surface area contributed by atoms with Crippen LogP contribution in [0.1, 0.15) is 28.9 Å². The molecular formula is C13H16BrNO4. The molecule has 2 rings (SSSR count). The van der Waals surface area contributed by atoms with E-state index in [-0.39, 0.29) is 11.1 Å². The molecule has 2 heterocycles. The third-order valence-electron chi connectivity index (χ3n) is 3.53. The number of ether oxygens (including phenoxy) is 1. The van der Waals surface area contributed by atoms with Gasteiger partial charge in [-0.15, -0.1) is 0 Å². The summed E-state index contributed by atoms with van der Waals surface area (Å²) >= 11 is 3.14. The fourth-order valence-corrected chi connectivity index (χ4v) is 2.79. The van der Waals surface area contributed by atoms with Crippen molar-refractivity contribution < 1.29 is 14.6 Å². The first kappa shape index (κ1) is 14.3. The highest BCUT2D eigenvalue weighted by atomic mass is 79.9. The van der Waals surface area contributed by atoms with E-state index in [9.17, 15) is 9.59 Å². The quantitative estimate of drug-likeness (QED) is 0.921. The van der Waals surface area contributed by atoms with Gasteiger partial charge in [-0.1, -0.05) is 0 Å². The van der Waals surface area contributed by atoms with Crippen LogP contribution in [0, 0.1) is 12.8 Å². The van der Waals surface area contributed by atoms with Crippen LogP contribution in [0.25, 0.3) is 0 Å². The molecular weight excluding hydrogens is 314 g/mol. The lowest BCUT2D eigenvalue weighted by Gasteiger charge is -2.24. The minimum atomic E-state index is -1.01. The molecule has 19 heavy (non-hydrogen) atoms. The van der Waals surface area contributed by atoms with Gasteiger partial charge in [0.1, 0.15) is 0 Å². The number of carboxylic acids is 1. The maximum absolute atomic E-state index is 12.1. The van der Waals surface area contributed by atoms with Gasteiger partial charge in [-0.25, -0.2) is 4.79 Å². The molecule has 1 aliphatic heterocycles. The number of carbonyl (C=O) groups is 1. The van der Waals surface area contributed by atoms with Crippen LogP contribution in [0.15, 0.2) is 15.3 Å². The normalized spacial score (nSPS) is 16.5. The second kappa shape index (κ2) is 5.88. The molecule has 0 aromatic carbocycles. The summed E-state index contributed by atoms with van der Waals surface area (Å²) in [4.78, 5) is 23.3. The molecule has 5 nitrogen and oxygen atoms in total. The lowest BCUT2D eigenvalue weighted by atomic mass is 10.00. The van der Waals surface area contributed by atoms with Gasteiger partial charge in [0.15, 0.2) is 0 Å². The van der Waals surface area contributed by atoms with Crippen LogP contribution in [0.2, 0.25) is 0 Å². The lowest BCUT2D eigenvalue weighted by molar-refractivity contribution is 0.0603. The highest BCUT2D eigenvalue weighted by Gasteiger charge is 2.19. The molecule has 104 valence electrons. The molecule has 0 spiro atoms. The Labute approximate surface area is 119 Å². The van der Waals surface area contributed by atoms with Crippen molar-refractivity contribution in [3.8, 4) is 0 Å². The van der Waals surface area contributed by atoms with Crippen LogP contribution in [0.3, 0.4) is 0 Å². The van der Waals surface area contributed by atoms with Crippen LogP contribution in [-0.2, 0) is 11.3 Å². The van der Waals surface area contributed by atoms with E-state index < -0.39 is 5.97 Å². The predicted molar refractivity (Wildman–Crippen MR) is 73.6 cm³/mol. The number of hydrogen-bond donors (Lipinski definition) is 1. The van der Waals surface area contributed by atoms with Crippen molar-refractivity contribution in [2.45, 2.75) is 26.3 Å². The first-order chi connectivity index (χ1) is 9.00. The van der Waals surface area contributed by atoms with E-state index in [2.05, 4.69) is 15.9 Å². The molecule has 1 fully saturated rings. The Bertz CT molecular complexity index is 546. The van der Waals surface area contributed by atoms with Crippen molar-refractivity contribution in [3.05, 3.63) is 32.2 Å². The van der Waals surface area contributed by atoms with E-state index >= 15 is 0 Å². The summed E-state index contributed by atoms with van der Waals surface area (Å²) in [6.07, 6.45) is 1.81. The van der Waals surface area contributed by atoms with Crippen LogP contribution < -0.4 is 5.56 Å². The third-order valence-corrected chi connectivity index (χ3v) is 4.10. The SMILES string of the molecule is Cc1c(C(=O)O)cc(Br)c(=O)n1CC1CCOCC1. The summed E-state index contributed by atoms with van der Waals surface area (Å²) in [7, 11) is 0. The molecule has 1 N–H and O–H groups in total. The number of halogens is 1. The Kier molecular flexibility index (Phi) is 4.42. The van der Waals surface area contributed by atoms with Gasteiger partial charge in [0.05, 0.1) is 10.0 Å². The van der Waals surface area contributed by atoms with E-state index in [0.29, 0.717) is 35.8 Å². The van der Waals surface area contributed by atoms with Crippen molar-refractivity contribution in [2.24, 2.45) is 5.92 Å². The van der Waals surface area contributed by atoms with Crippen LogP contribution in [0.4, 0.5) is 0 Å². The molecule has 0 aliphatic carbocycles. The van der Waals surface area contributed by atoms with Crippen molar-refractivity contribution >= 4 is 21.9 Å². The van der Waals surface area contributed by atoms with Gasteiger partial charge in [-0.3, -0.25) is 4.79 Å². The largest absolute Gasteiger partial charge is 0.478 e. The lowest BCUT2D eigenvalue weighted by Crippen LogP contribution is -2.30. The first-order valence-electron chi connectivity index (χ1n) is 6.21. The molecule has 1 aromatic rings. The van der Waals surface area contributed by atoms with Crippen LogP contribution >= 0.6 is 15.9 Å². The predicted octanol–water partition coefficient (Wildman–Crippen LogP) is 2.04. The second-order valence-corrected chi connectivity index (χ2v) is 5.62. The summed E-state index contributed by atoms with van der Waals surface area (Å²) in [5, 5.41) is 9.16. The molecule has 1 saturated heterocycles. The molecule has 0 atom stereocenters. The summed E-state index contributed by atoms with van der Waals surface area (Å²) in [5.74, 6) is -0.653. The number of rotatable bonds is 3. The molecule has 0 bridgehead atoms. The standard InChI is InChI=1S/C13H16BrNO4/c1-8-10(13(17)18)6-11(14)12(16)15(8)7-9-2-4-19-5-3-9/h6,9H,2-5,7H2,1H3,(H,17,18). The first-order valence-corrected chi connectivity index (χ1v) is 7.01. The Hall–Kier alpha value is -1.14. The van der Waals surface area contributed by atoms with E-state index in [1.165, 1.54) is 6.07 Å². The van der Waals surface area contributed by atoms with Gasteiger partial charge in [0.25, 0.3) is 5.56 Å². The van der Waals surface area contributed by atoms with E-state index in [1.54, 1.807) is 11.5 Å². The smallest absolute Gasteiger partial charge is 0.337 e. The Balaban J connectivity index is 2.37. The zero-order valence-corrected chi connectivity index (χ0v) is 12.3. The maximum Gasteiger partial charge on any atom is 0.337 e. The maximum atomic E-state index is 12.1. The van der Waals surface area contributed by atoms with Gasteiger partial charge < -0.3 is 14.4 Å². The van der Waals surface area contributed by atoms with E-state index in [4.69, 9.17) is 9.84 Å². The summed E-state index contributed by atoms with van der Waals surface area (Å²) in [6.45, 7) is 3.64. The molecule has 0 amide bonds. The van der Waals surface area contributed by atoms with Gasteiger partial charge in [0.2, 0.25) is 0 Å².